The molecule has 14 heavy (non-hydrogen) atoms. The van der Waals surface area contributed by atoms with Crippen LogP contribution in [0, 0.1) is 5.92 Å². The molecule has 1 saturated carbocycles. The van der Waals surface area contributed by atoms with Crippen molar-refractivity contribution in [3.05, 3.63) is 28.2 Å². The van der Waals surface area contributed by atoms with Gasteiger partial charge in [-0.15, -0.1) is 0 Å². The third kappa shape index (κ3) is 2.28. The van der Waals surface area contributed by atoms with Gasteiger partial charge >= 0.3 is 0 Å². The molecule has 2 nitrogen and oxygen atoms in total. The zero-order chi connectivity index (χ0) is 10.1. The third-order valence-electron chi connectivity index (χ3n) is 2.73. The van der Waals surface area contributed by atoms with E-state index in [-0.39, 0.29) is 6.04 Å². The fraction of sp³-hybridized carbons (Fsp3) is 0.455. The highest BCUT2D eigenvalue weighted by Gasteiger charge is 2.25. The van der Waals surface area contributed by atoms with Crippen LogP contribution in [-0.2, 0) is 0 Å². The maximum atomic E-state index is 6.10. The van der Waals surface area contributed by atoms with Gasteiger partial charge in [0.05, 0.1) is 0 Å². The Hall–Kier alpha value is -0.540. The van der Waals surface area contributed by atoms with E-state index in [1.165, 1.54) is 12.8 Å². The van der Waals surface area contributed by atoms with Crippen molar-refractivity contribution in [2.75, 3.05) is 5.73 Å². The Morgan fingerprint density at radius 1 is 1.43 bits per heavy atom. The topological polar surface area (TPSA) is 52.0 Å². The number of rotatable bonds is 3. The molecule has 0 aliphatic heterocycles. The molecule has 0 amide bonds. The van der Waals surface area contributed by atoms with Crippen LogP contribution in [0.3, 0.4) is 0 Å². The van der Waals surface area contributed by atoms with E-state index in [9.17, 15) is 0 Å². The number of anilines is 1. The monoisotopic (exact) mass is 254 g/mol. The SMILES string of the molecule is Nc1ccc(Br)cc1[C@H](N)CC1CC1. The van der Waals surface area contributed by atoms with E-state index in [2.05, 4.69) is 15.9 Å². The van der Waals surface area contributed by atoms with Crippen molar-refractivity contribution in [2.24, 2.45) is 11.7 Å². The molecule has 1 aliphatic carbocycles. The summed E-state index contributed by atoms with van der Waals surface area (Å²) in [6.07, 6.45) is 3.74. The molecule has 1 atom stereocenters. The zero-order valence-corrected chi connectivity index (χ0v) is 9.63. The normalized spacial score (nSPS) is 18.1. The summed E-state index contributed by atoms with van der Waals surface area (Å²) in [6.45, 7) is 0. The van der Waals surface area contributed by atoms with Gasteiger partial charge in [0, 0.05) is 16.2 Å². The fourth-order valence-corrected chi connectivity index (χ4v) is 2.09. The van der Waals surface area contributed by atoms with E-state index in [1.807, 2.05) is 18.2 Å². The van der Waals surface area contributed by atoms with Crippen molar-refractivity contribution in [2.45, 2.75) is 25.3 Å². The molecule has 0 bridgehead atoms. The minimum atomic E-state index is 0.0972. The van der Waals surface area contributed by atoms with Crippen LogP contribution < -0.4 is 11.5 Å². The number of benzene rings is 1. The van der Waals surface area contributed by atoms with Gasteiger partial charge in [0.15, 0.2) is 0 Å². The highest BCUT2D eigenvalue weighted by molar-refractivity contribution is 9.10. The number of halogens is 1. The van der Waals surface area contributed by atoms with Crippen LogP contribution in [-0.4, -0.2) is 0 Å². The van der Waals surface area contributed by atoms with Crippen LogP contribution in [0.15, 0.2) is 22.7 Å². The van der Waals surface area contributed by atoms with Gasteiger partial charge in [-0.1, -0.05) is 28.8 Å². The first kappa shape index (κ1) is 9.99. The maximum Gasteiger partial charge on any atom is 0.0363 e. The molecule has 76 valence electrons. The molecule has 0 aromatic heterocycles. The summed E-state index contributed by atoms with van der Waals surface area (Å²) in [7, 11) is 0. The molecular weight excluding hydrogens is 240 g/mol. The molecule has 4 N–H and O–H groups in total. The lowest BCUT2D eigenvalue weighted by atomic mass is 10.0. The molecule has 0 radical (unpaired) electrons. The molecule has 1 aromatic rings. The summed E-state index contributed by atoms with van der Waals surface area (Å²) in [4.78, 5) is 0. The largest absolute Gasteiger partial charge is 0.398 e. The van der Waals surface area contributed by atoms with Gasteiger partial charge in [0.2, 0.25) is 0 Å². The zero-order valence-electron chi connectivity index (χ0n) is 8.04. The summed E-state index contributed by atoms with van der Waals surface area (Å²) in [5.41, 5.74) is 13.9. The Kier molecular flexibility index (Phi) is 2.79. The highest BCUT2D eigenvalue weighted by Crippen LogP contribution is 2.38. The molecular formula is C11H15BrN2. The third-order valence-corrected chi connectivity index (χ3v) is 3.23. The molecule has 2 rings (SSSR count). The molecule has 1 aliphatic rings. The van der Waals surface area contributed by atoms with Crippen LogP contribution in [0.4, 0.5) is 5.69 Å². The predicted octanol–water partition coefficient (Wildman–Crippen LogP) is 2.83. The molecule has 0 saturated heterocycles. The molecule has 3 heteroatoms. The summed E-state index contributed by atoms with van der Waals surface area (Å²) >= 11 is 3.44. The first-order chi connectivity index (χ1) is 6.66. The van der Waals surface area contributed by atoms with Gasteiger partial charge in [-0.25, -0.2) is 0 Å². The van der Waals surface area contributed by atoms with Gasteiger partial charge < -0.3 is 11.5 Å². The minimum absolute atomic E-state index is 0.0972. The number of nitrogens with two attached hydrogens (primary N) is 2. The first-order valence-electron chi connectivity index (χ1n) is 4.97. The Labute approximate surface area is 92.8 Å². The van der Waals surface area contributed by atoms with Crippen molar-refractivity contribution in [3.8, 4) is 0 Å². The van der Waals surface area contributed by atoms with Crippen LogP contribution >= 0.6 is 15.9 Å². The van der Waals surface area contributed by atoms with Crippen molar-refractivity contribution in [1.82, 2.24) is 0 Å². The lowest BCUT2D eigenvalue weighted by Gasteiger charge is -2.14. The minimum Gasteiger partial charge on any atom is -0.398 e. The quantitative estimate of drug-likeness (QED) is 0.816. The average molecular weight is 255 g/mol. The summed E-state index contributed by atoms with van der Waals surface area (Å²) in [5.74, 6) is 0.836. The van der Waals surface area contributed by atoms with E-state index in [1.54, 1.807) is 0 Å². The molecule has 0 unspecified atom stereocenters. The van der Waals surface area contributed by atoms with Gasteiger partial charge in [-0.05, 0) is 36.1 Å². The van der Waals surface area contributed by atoms with Gasteiger partial charge in [-0.2, -0.15) is 0 Å². The van der Waals surface area contributed by atoms with Gasteiger partial charge in [0.25, 0.3) is 0 Å². The first-order valence-corrected chi connectivity index (χ1v) is 5.76. The molecule has 0 spiro atoms. The van der Waals surface area contributed by atoms with Crippen molar-refractivity contribution in [3.63, 3.8) is 0 Å². The predicted molar refractivity (Wildman–Crippen MR) is 62.8 cm³/mol. The smallest absolute Gasteiger partial charge is 0.0363 e. The second-order valence-corrected chi connectivity index (χ2v) is 4.97. The molecule has 0 heterocycles. The number of hydrogen-bond donors (Lipinski definition) is 2. The second-order valence-electron chi connectivity index (χ2n) is 4.06. The van der Waals surface area contributed by atoms with Crippen LogP contribution in [0.1, 0.15) is 30.9 Å². The number of hydrogen-bond acceptors (Lipinski definition) is 2. The Bertz CT molecular complexity index is 334. The summed E-state index contributed by atoms with van der Waals surface area (Å²) < 4.78 is 1.05. The summed E-state index contributed by atoms with van der Waals surface area (Å²) in [5, 5.41) is 0. The van der Waals surface area contributed by atoms with Crippen LogP contribution in [0.5, 0.6) is 0 Å². The standard InChI is InChI=1S/C11H15BrN2/c12-8-3-4-10(13)9(6-8)11(14)5-7-1-2-7/h3-4,6-7,11H,1-2,5,13-14H2/t11-/m1/s1. The lowest BCUT2D eigenvalue weighted by molar-refractivity contribution is 0.598. The van der Waals surface area contributed by atoms with E-state index in [0.29, 0.717) is 0 Å². The van der Waals surface area contributed by atoms with Crippen molar-refractivity contribution in [1.29, 1.82) is 0 Å². The van der Waals surface area contributed by atoms with Gasteiger partial charge in [0.1, 0.15) is 0 Å². The van der Waals surface area contributed by atoms with Crippen molar-refractivity contribution >= 4 is 21.6 Å². The number of nitrogen functional groups attached to an aromatic ring is 1. The maximum absolute atomic E-state index is 6.10. The average Bonchev–Trinajstić information content (AvgIpc) is 2.93. The Morgan fingerprint density at radius 2 is 2.14 bits per heavy atom. The highest BCUT2D eigenvalue weighted by atomic mass is 79.9. The second kappa shape index (κ2) is 3.91. The van der Waals surface area contributed by atoms with Crippen LogP contribution in [0.25, 0.3) is 0 Å². The molecule has 1 aromatic carbocycles. The van der Waals surface area contributed by atoms with E-state index in [0.717, 1.165) is 28.1 Å². The lowest BCUT2D eigenvalue weighted by Crippen LogP contribution is -2.13. The van der Waals surface area contributed by atoms with Crippen LogP contribution in [0.2, 0.25) is 0 Å². The van der Waals surface area contributed by atoms with E-state index >= 15 is 0 Å². The Morgan fingerprint density at radius 3 is 2.79 bits per heavy atom. The van der Waals surface area contributed by atoms with E-state index in [4.69, 9.17) is 11.5 Å². The Balaban J connectivity index is 2.15. The van der Waals surface area contributed by atoms with Crippen molar-refractivity contribution < 1.29 is 0 Å². The summed E-state index contributed by atoms with van der Waals surface area (Å²) in [6, 6.07) is 5.98. The molecule has 1 fully saturated rings. The fourth-order valence-electron chi connectivity index (χ4n) is 1.71. The van der Waals surface area contributed by atoms with Gasteiger partial charge in [-0.3, -0.25) is 0 Å². The van der Waals surface area contributed by atoms with E-state index < -0.39 is 0 Å².